The van der Waals surface area contributed by atoms with Crippen LogP contribution < -0.4 is 11.1 Å². The van der Waals surface area contributed by atoms with Crippen LogP contribution >= 0.6 is 39.1 Å². The van der Waals surface area contributed by atoms with E-state index in [2.05, 4.69) is 26.2 Å². The number of rotatable bonds is 2. The van der Waals surface area contributed by atoms with E-state index >= 15 is 0 Å². The number of anilines is 3. The molecule has 17 heavy (non-hydrogen) atoms. The van der Waals surface area contributed by atoms with Gasteiger partial charge in [-0.05, 0) is 34.1 Å². The van der Waals surface area contributed by atoms with E-state index in [1.54, 1.807) is 18.3 Å². The fourth-order valence-electron chi connectivity index (χ4n) is 1.28. The summed E-state index contributed by atoms with van der Waals surface area (Å²) >= 11 is 15.4. The maximum absolute atomic E-state index is 6.10. The van der Waals surface area contributed by atoms with Gasteiger partial charge in [0.25, 0.3) is 0 Å². The number of aromatic nitrogens is 1. The minimum absolute atomic E-state index is 0.435. The minimum atomic E-state index is 0.435. The molecule has 3 nitrogen and oxygen atoms in total. The molecule has 0 unspecified atom stereocenters. The molecule has 3 N–H and O–H groups in total. The molecule has 0 atom stereocenters. The molecule has 0 saturated heterocycles. The molecular weight excluding hydrogens is 325 g/mol. The molecule has 1 aromatic heterocycles. The molecule has 2 rings (SSSR count). The Bertz CT molecular complexity index is 560. The summed E-state index contributed by atoms with van der Waals surface area (Å²) in [6.45, 7) is 0. The van der Waals surface area contributed by atoms with Crippen molar-refractivity contribution in [1.29, 1.82) is 0 Å². The molecule has 6 heteroatoms. The fourth-order valence-corrected chi connectivity index (χ4v) is 2.10. The van der Waals surface area contributed by atoms with Crippen LogP contribution in [0, 0.1) is 0 Å². The third kappa shape index (κ3) is 2.83. The first kappa shape index (κ1) is 12.5. The zero-order valence-electron chi connectivity index (χ0n) is 8.55. The Balaban J connectivity index is 2.34. The van der Waals surface area contributed by atoms with E-state index in [4.69, 9.17) is 28.9 Å². The lowest BCUT2D eigenvalue weighted by Crippen LogP contribution is -1.96. The van der Waals surface area contributed by atoms with Crippen molar-refractivity contribution in [3.63, 3.8) is 0 Å². The number of halogens is 3. The Morgan fingerprint density at radius 3 is 2.65 bits per heavy atom. The summed E-state index contributed by atoms with van der Waals surface area (Å²) in [5.41, 5.74) is 6.96. The second kappa shape index (κ2) is 5.12. The highest BCUT2D eigenvalue weighted by molar-refractivity contribution is 9.10. The summed E-state index contributed by atoms with van der Waals surface area (Å²) < 4.78 is 0.746. The number of nitrogens with two attached hydrogens (primary N) is 1. The first-order valence-corrected chi connectivity index (χ1v) is 6.25. The lowest BCUT2D eigenvalue weighted by Gasteiger charge is -2.09. The Labute approximate surface area is 117 Å². The summed E-state index contributed by atoms with van der Waals surface area (Å²) in [4.78, 5) is 4.12. The molecule has 0 saturated carbocycles. The van der Waals surface area contributed by atoms with Crippen molar-refractivity contribution < 1.29 is 0 Å². The van der Waals surface area contributed by atoms with Gasteiger partial charge in [0.2, 0.25) is 0 Å². The third-order valence-electron chi connectivity index (χ3n) is 2.08. The van der Waals surface area contributed by atoms with Crippen LogP contribution in [-0.2, 0) is 0 Å². The van der Waals surface area contributed by atoms with Gasteiger partial charge in [0, 0.05) is 22.4 Å². The van der Waals surface area contributed by atoms with Gasteiger partial charge >= 0.3 is 0 Å². The molecule has 0 spiro atoms. The Kier molecular flexibility index (Phi) is 3.76. The monoisotopic (exact) mass is 331 g/mol. The smallest absolute Gasteiger partial charge is 0.132 e. The highest BCUT2D eigenvalue weighted by Crippen LogP contribution is 2.36. The summed E-state index contributed by atoms with van der Waals surface area (Å²) in [5, 5.41) is 3.95. The quantitative estimate of drug-likeness (QED) is 0.797. The molecule has 88 valence electrons. The van der Waals surface area contributed by atoms with Crippen molar-refractivity contribution in [2.24, 2.45) is 0 Å². The molecule has 0 radical (unpaired) electrons. The maximum atomic E-state index is 6.10. The Morgan fingerprint density at radius 2 is 1.94 bits per heavy atom. The van der Waals surface area contributed by atoms with Crippen LogP contribution in [0.1, 0.15) is 0 Å². The molecule has 0 aliphatic heterocycles. The van der Waals surface area contributed by atoms with Crippen molar-refractivity contribution in [1.82, 2.24) is 4.98 Å². The predicted octanol–water partition coefficient (Wildman–Crippen LogP) is 4.48. The largest absolute Gasteiger partial charge is 0.399 e. The van der Waals surface area contributed by atoms with Gasteiger partial charge < -0.3 is 11.1 Å². The van der Waals surface area contributed by atoms with Crippen LogP contribution in [0.2, 0.25) is 10.0 Å². The summed E-state index contributed by atoms with van der Waals surface area (Å²) in [6.07, 6.45) is 1.62. The normalized spacial score (nSPS) is 10.3. The van der Waals surface area contributed by atoms with Crippen molar-refractivity contribution in [3.8, 4) is 0 Å². The van der Waals surface area contributed by atoms with Gasteiger partial charge in [-0.15, -0.1) is 0 Å². The molecule has 1 heterocycles. The van der Waals surface area contributed by atoms with Crippen LogP contribution in [0.25, 0.3) is 0 Å². The first-order valence-electron chi connectivity index (χ1n) is 4.70. The number of hydrogen-bond acceptors (Lipinski definition) is 3. The maximum Gasteiger partial charge on any atom is 0.132 e. The molecule has 1 aromatic carbocycles. The number of benzene rings is 1. The van der Waals surface area contributed by atoms with Crippen molar-refractivity contribution in [2.75, 3.05) is 11.1 Å². The van der Waals surface area contributed by atoms with Crippen LogP contribution in [0.4, 0.5) is 17.2 Å². The van der Waals surface area contributed by atoms with Crippen molar-refractivity contribution in [2.45, 2.75) is 0 Å². The molecule has 0 aliphatic rings. The van der Waals surface area contributed by atoms with E-state index in [1.165, 1.54) is 0 Å². The van der Waals surface area contributed by atoms with E-state index < -0.39 is 0 Å². The van der Waals surface area contributed by atoms with Gasteiger partial charge in [-0.2, -0.15) is 0 Å². The molecule has 0 bridgehead atoms. The summed E-state index contributed by atoms with van der Waals surface area (Å²) in [7, 11) is 0. The number of hydrogen-bond donors (Lipinski definition) is 2. The standard InChI is InChI=1S/C11H8BrCl2N3/c12-7-1-2-8(11(14)10(7)13)17-9-5-6(15)3-4-16-9/h1-5H,(H3,15,16,17). The third-order valence-corrected chi connectivity index (χ3v) is 3.85. The Hall–Kier alpha value is -0.970. The second-order valence-corrected chi connectivity index (χ2v) is 4.93. The van der Waals surface area contributed by atoms with Gasteiger partial charge in [-0.1, -0.05) is 23.2 Å². The van der Waals surface area contributed by atoms with Gasteiger partial charge in [0.1, 0.15) is 5.82 Å². The lowest BCUT2D eigenvalue weighted by atomic mass is 10.3. The van der Waals surface area contributed by atoms with E-state index in [-0.39, 0.29) is 0 Å². The van der Waals surface area contributed by atoms with E-state index in [9.17, 15) is 0 Å². The molecule has 2 aromatic rings. The van der Waals surface area contributed by atoms with Crippen LogP contribution in [0.15, 0.2) is 34.9 Å². The number of nitrogen functional groups attached to an aromatic ring is 1. The molecular formula is C11H8BrCl2N3. The zero-order chi connectivity index (χ0) is 12.4. The van der Waals surface area contributed by atoms with E-state index in [0.29, 0.717) is 27.2 Å². The van der Waals surface area contributed by atoms with E-state index in [0.717, 1.165) is 4.47 Å². The number of nitrogens with one attached hydrogen (secondary N) is 1. The summed E-state index contributed by atoms with van der Waals surface area (Å²) in [5.74, 6) is 0.616. The number of nitrogens with zero attached hydrogens (tertiary/aromatic N) is 1. The lowest BCUT2D eigenvalue weighted by molar-refractivity contribution is 1.31. The van der Waals surface area contributed by atoms with Crippen molar-refractivity contribution >= 4 is 56.3 Å². The van der Waals surface area contributed by atoms with Gasteiger partial charge in [-0.25, -0.2) is 4.98 Å². The van der Waals surface area contributed by atoms with Crippen LogP contribution in [-0.4, -0.2) is 4.98 Å². The van der Waals surface area contributed by atoms with Crippen molar-refractivity contribution in [3.05, 3.63) is 45.0 Å². The topological polar surface area (TPSA) is 50.9 Å². The van der Waals surface area contributed by atoms with E-state index in [1.807, 2.05) is 12.1 Å². The second-order valence-electron chi connectivity index (χ2n) is 3.32. The first-order chi connectivity index (χ1) is 8.08. The molecule has 0 amide bonds. The highest BCUT2D eigenvalue weighted by Gasteiger charge is 2.08. The van der Waals surface area contributed by atoms with Gasteiger partial charge in [0.15, 0.2) is 0 Å². The van der Waals surface area contributed by atoms with Gasteiger partial charge in [-0.3, -0.25) is 0 Å². The zero-order valence-corrected chi connectivity index (χ0v) is 11.6. The summed E-state index contributed by atoms with van der Waals surface area (Å²) in [6, 6.07) is 7.04. The van der Waals surface area contributed by atoms with Crippen LogP contribution in [0.5, 0.6) is 0 Å². The molecule has 0 fully saturated rings. The van der Waals surface area contributed by atoms with Gasteiger partial charge in [0.05, 0.1) is 15.7 Å². The number of pyridine rings is 1. The molecule has 0 aliphatic carbocycles. The SMILES string of the molecule is Nc1ccnc(Nc2ccc(Br)c(Cl)c2Cl)c1. The average molecular weight is 333 g/mol. The predicted molar refractivity (Wildman–Crippen MR) is 76.1 cm³/mol. The minimum Gasteiger partial charge on any atom is -0.399 e. The average Bonchev–Trinajstić information content (AvgIpc) is 2.30. The Morgan fingerprint density at radius 1 is 1.18 bits per heavy atom. The highest BCUT2D eigenvalue weighted by atomic mass is 79.9. The fraction of sp³-hybridized carbons (Fsp3) is 0. The van der Waals surface area contributed by atoms with Crippen LogP contribution in [0.3, 0.4) is 0 Å².